The predicted molar refractivity (Wildman–Crippen MR) is 109 cm³/mol. The molecule has 0 spiro atoms. The van der Waals surface area contributed by atoms with E-state index in [1.807, 2.05) is 11.6 Å². The van der Waals surface area contributed by atoms with Crippen LogP contribution in [-0.4, -0.2) is 24.2 Å². The second-order valence-corrected chi connectivity index (χ2v) is 10.3. The summed E-state index contributed by atoms with van der Waals surface area (Å²) in [6.07, 6.45) is 19.6. The van der Waals surface area contributed by atoms with Crippen molar-refractivity contribution in [3.63, 3.8) is 0 Å². The molecule has 0 radical (unpaired) electrons. The molecule has 1 heterocycles. The number of rotatable bonds is 4. The standard InChI is InChI=1S/C21H37N3O2S/c1-18-21(17-24(22-18)20-15-11-12-16-20)27(25,26)23-19-13-9-7-5-3-2-4-6-8-10-14-19/h17,19-20,23H,2-16H2,1H3. The quantitative estimate of drug-likeness (QED) is 0.756. The van der Waals surface area contributed by atoms with Crippen LogP contribution in [0.2, 0.25) is 0 Å². The molecule has 0 unspecified atom stereocenters. The molecule has 1 N–H and O–H groups in total. The van der Waals surface area contributed by atoms with Crippen molar-refractivity contribution in [3.05, 3.63) is 11.9 Å². The first-order valence-corrected chi connectivity index (χ1v) is 12.6. The molecule has 0 bridgehead atoms. The van der Waals surface area contributed by atoms with Gasteiger partial charge in [0.25, 0.3) is 0 Å². The summed E-state index contributed by atoms with van der Waals surface area (Å²) in [5.41, 5.74) is 0.627. The maximum atomic E-state index is 13.1. The minimum absolute atomic E-state index is 0.0589. The van der Waals surface area contributed by atoms with Gasteiger partial charge in [-0.2, -0.15) is 5.10 Å². The molecule has 0 aromatic carbocycles. The average molecular weight is 396 g/mol. The zero-order chi connectivity index (χ0) is 19.1. The summed E-state index contributed by atoms with van der Waals surface area (Å²) in [5.74, 6) is 0. The van der Waals surface area contributed by atoms with E-state index in [2.05, 4.69) is 9.82 Å². The third-order valence-corrected chi connectivity index (χ3v) is 7.91. The topological polar surface area (TPSA) is 64.0 Å². The second kappa shape index (κ2) is 10.1. The van der Waals surface area contributed by atoms with Crippen molar-refractivity contribution in [1.29, 1.82) is 0 Å². The zero-order valence-corrected chi connectivity index (χ0v) is 17.8. The maximum Gasteiger partial charge on any atom is 0.244 e. The number of aryl methyl sites for hydroxylation is 1. The molecule has 27 heavy (non-hydrogen) atoms. The number of hydrogen-bond donors (Lipinski definition) is 1. The highest BCUT2D eigenvalue weighted by molar-refractivity contribution is 7.89. The molecule has 0 saturated heterocycles. The van der Waals surface area contributed by atoms with Crippen molar-refractivity contribution in [3.8, 4) is 0 Å². The van der Waals surface area contributed by atoms with Crippen LogP contribution in [0.25, 0.3) is 0 Å². The molecule has 0 aliphatic heterocycles. The van der Waals surface area contributed by atoms with Gasteiger partial charge in [0.2, 0.25) is 10.0 Å². The van der Waals surface area contributed by atoms with E-state index in [9.17, 15) is 8.42 Å². The number of nitrogens with zero attached hydrogens (tertiary/aromatic N) is 2. The molecule has 1 aromatic heterocycles. The van der Waals surface area contributed by atoms with Gasteiger partial charge in [0.1, 0.15) is 4.90 Å². The van der Waals surface area contributed by atoms with Crippen molar-refractivity contribution in [2.24, 2.45) is 0 Å². The van der Waals surface area contributed by atoms with Gasteiger partial charge in [-0.15, -0.1) is 0 Å². The van der Waals surface area contributed by atoms with Gasteiger partial charge in [-0.25, -0.2) is 13.1 Å². The highest BCUT2D eigenvalue weighted by atomic mass is 32.2. The minimum Gasteiger partial charge on any atom is -0.268 e. The largest absolute Gasteiger partial charge is 0.268 e. The SMILES string of the molecule is Cc1nn(C2CCCC2)cc1S(=O)(=O)NC1CCCCCCCCCCC1. The van der Waals surface area contributed by atoms with E-state index in [1.54, 1.807) is 6.20 Å². The van der Waals surface area contributed by atoms with Crippen LogP contribution in [0, 0.1) is 6.92 Å². The summed E-state index contributed by atoms with van der Waals surface area (Å²) >= 11 is 0. The highest BCUT2D eigenvalue weighted by Gasteiger charge is 2.26. The smallest absolute Gasteiger partial charge is 0.244 e. The molecule has 154 valence electrons. The van der Waals surface area contributed by atoms with E-state index in [-0.39, 0.29) is 6.04 Å². The van der Waals surface area contributed by atoms with Gasteiger partial charge in [-0.1, -0.05) is 70.6 Å². The van der Waals surface area contributed by atoms with Crippen molar-refractivity contribution < 1.29 is 8.42 Å². The van der Waals surface area contributed by atoms with Crippen LogP contribution in [0.1, 0.15) is 108 Å². The van der Waals surface area contributed by atoms with Gasteiger partial charge in [0, 0.05) is 12.2 Å². The molecule has 5 nitrogen and oxygen atoms in total. The summed E-state index contributed by atoms with van der Waals surface area (Å²) in [6, 6.07) is 0.428. The molecule has 2 fully saturated rings. The monoisotopic (exact) mass is 395 g/mol. The minimum atomic E-state index is -3.50. The lowest BCUT2D eigenvalue weighted by Crippen LogP contribution is -2.35. The Labute approximate surface area is 165 Å². The first kappa shape index (κ1) is 20.8. The van der Waals surface area contributed by atoms with Gasteiger partial charge in [-0.3, -0.25) is 4.68 Å². The average Bonchev–Trinajstić information content (AvgIpc) is 3.27. The third-order valence-electron chi connectivity index (χ3n) is 6.29. The summed E-state index contributed by atoms with van der Waals surface area (Å²) in [7, 11) is -3.50. The van der Waals surface area contributed by atoms with Crippen LogP contribution >= 0.6 is 0 Å². The van der Waals surface area contributed by atoms with Gasteiger partial charge >= 0.3 is 0 Å². The van der Waals surface area contributed by atoms with Crippen LogP contribution in [0.3, 0.4) is 0 Å². The predicted octanol–water partition coefficient (Wildman–Crippen LogP) is 5.26. The Morgan fingerprint density at radius 2 is 1.33 bits per heavy atom. The molecule has 0 amide bonds. The van der Waals surface area contributed by atoms with E-state index >= 15 is 0 Å². The van der Waals surface area contributed by atoms with E-state index in [0.29, 0.717) is 16.6 Å². The fourth-order valence-electron chi connectivity index (χ4n) is 4.65. The molecule has 6 heteroatoms. The zero-order valence-electron chi connectivity index (χ0n) is 17.0. The summed E-state index contributed by atoms with van der Waals surface area (Å²) in [4.78, 5) is 0.375. The summed E-state index contributed by atoms with van der Waals surface area (Å²) in [5, 5.41) is 4.53. The summed E-state index contributed by atoms with van der Waals surface area (Å²) < 4.78 is 31.0. The highest BCUT2D eigenvalue weighted by Crippen LogP contribution is 2.30. The Hall–Kier alpha value is -0.880. The number of sulfonamides is 1. The molecule has 2 saturated carbocycles. The van der Waals surface area contributed by atoms with E-state index in [0.717, 1.165) is 38.5 Å². The molecular weight excluding hydrogens is 358 g/mol. The van der Waals surface area contributed by atoms with Crippen molar-refractivity contribution in [2.45, 2.75) is 120 Å². The Morgan fingerprint density at radius 1 is 0.852 bits per heavy atom. The third kappa shape index (κ3) is 6.05. The fourth-order valence-corrected chi connectivity index (χ4v) is 6.13. The van der Waals surface area contributed by atoms with Crippen molar-refractivity contribution in [2.75, 3.05) is 0 Å². The maximum absolute atomic E-state index is 13.1. The molecule has 2 aliphatic rings. The number of nitrogens with one attached hydrogen (secondary N) is 1. The van der Waals surface area contributed by atoms with Crippen LogP contribution in [0.5, 0.6) is 0 Å². The Balaban J connectivity index is 1.65. The van der Waals surface area contributed by atoms with Gasteiger partial charge in [0.05, 0.1) is 11.7 Å². The Morgan fingerprint density at radius 3 is 1.89 bits per heavy atom. The first-order chi connectivity index (χ1) is 13.1. The second-order valence-electron chi connectivity index (χ2n) is 8.57. The van der Waals surface area contributed by atoms with Gasteiger partial charge < -0.3 is 0 Å². The molecule has 1 aromatic rings. The van der Waals surface area contributed by atoms with Crippen LogP contribution in [0.15, 0.2) is 11.1 Å². The number of aromatic nitrogens is 2. The lowest BCUT2D eigenvalue weighted by molar-refractivity contribution is 0.439. The molecule has 2 aliphatic carbocycles. The molecule has 3 rings (SSSR count). The van der Waals surface area contributed by atoms with Crippen LogP contribution < -0.4 is 4.72 Å². The van der Waals surface area contributed by atoms with E-state index in [1.165, 1.54) is 57.8 Å². The van der Waals surface area contributed by atoms with Crippen LogP contribution in [-0.2, 0) is 10.0 Å². The van der Waals surface area contributed by atoms with Crippen molar-refractivity contribution in [1.82, 2.24) is 14.5 Å². The number of hydrogen-bond acceptors (Lipinski definition) is 3. The lowest BCUT2D eigenvalue weighted by Gasteiger charge is -2.19. The molecule has 0 atom stereocenters. The Bertz CT molecular complexity index is 666. The summed E-state index contributed by atoms with van der Waals surface area (Å²) in [6.45, 7) is 1.82. The van der Waals surface area contributed by atoms with Crippen LogP contribution in [0.4, 0.5) is 0 Å². The van der Waals surface area contributed by atoms with E-state index in [4.69, 9.17) is 0 Å². The normalized spacial score (nSPS) is 22.4. The van der Waals surface area contributed by atoms with E-state index < -0.39 is 10.0 Å². The molecular formula is C21H37N3O2S. The van der Waals surface area contributed by atoms with Gasteiger partial charge in [0.15, 0.2) is 0 Å². The lowest BCUT2D eigenvalue weighted by atomic mass is 9.98. The van der Waals surface area contributed by atoms with Crippen molar-refractivity contribution >= 4 is 10.0 Å². The van der Waals surface area contributed by atoms with Gasteiger partial charge in [-0.05, 0) is 32.6 Å². The first-order valence-electron chi connectivity index (χ1n) is 11.1. The Kier molecular flexibility index (Phi) is 7.76. The fraction of sp³-hybridized carbons (Fsp3) is 0.857.